The van der Waals surface area contributed by atoms with Gasteiger partial charge in [0.25, 0.3) is 11.1 Å². The first kappa shape index (κ1) is 44.6. The Labute approximate surface area is 380 Å². The Morgan fingerprint density at radius 3 is 1.66 bits per heavy atom. The van der Waals surface area contributed by atoms with Crippen molar-refractivity contribution < 1.29 is 9.59 Å². The molecule has 2 aromatic carbocycles. The molecule has 0 bridgehead atoms. The summed E-state index contributed by atoms with van der Waals surface area (Å²) < 4.78 is 3.41. The second kappa shape index (κ2) is 19.8. The number of aromatic nitrogens is 6. The molecule has 0 unspecified atom stereocenters. The van der Waals surface area contributed by atoms with Crippen molar-refractivity contribution in [1.82, 2.24) is 39.3 Å². The molecule has 3 N–H and O–H groups in total. The van der Waals surface area contributed by atoms with Crippen LogP contribution >= 0.6 is 11.6 Å². The average Bonchev–Trinajstić information content (AvgIpc) is 4.05. The molecular formula is C48H49ClN12O4. The maximum Gasteiger partial charge on any atom is 0.270 e. The third-order valence-electron chi connectivity index (χ3n) is 12.4. The van der Waals surface area contributed by atoms with Gasteiger partial charge in [-0.2, -0.15) is 20.5 Å². The minimum Gasteiger partial charge on any atom is -0.338 e. The zero-order chi connectivity index (χ0) is 45.6. The van der Waals surface area contributed by atoms with Gasteiger partial charge in [-0.1, -0.05) is 37.8 Å². The van der Waals surface area contributed by atoms with Crippen LogP contribution in [0.5, 0.6) is 0 Å². The van der Waals surface area contributed by atoms with Gasteiger partial charge in [0.1, 0.15) is 34.6 Å². The Bertz CT molecular complexity index is 3010. The molecule has 1 amide bonds. The number of benzene rings is 2. The zero-order valence-electron chi connectivity index (χ0n) is 36.4. The van der Waals surface area contributed by atoms with E-state index in [0.29, 0.717) is 41.7 Å². The van der Waals surface area contributed by atoms with E-state index in [9.17, 15) is 29.7 Å². The third kappa shape index (κ3) is 10.0. The van der Waals surface area contributed by atoms with Gasteiger partial charge < -0.3 is 20.9 Å². The number of nitrogens with one attached hydrogen (secondary N) is 3. The largest absolute Gasteiger partial charge is 0.338 e. The first-order chi connectivity index (χ1) is 31.5. The average molecular weight is 893 g/mol. The molecule has 332 valence electrons. The highest BCUT2D eigenvalue weighted by Gasteiger charge is 2.25. The highest BCUT2D eigenvalue weighted by molar-refractivity contribution is 6.62. The van der Waals surface area contributed by atoms with Gasteiger partial charge in [0.15, 0.2) is 0 Å². The molecule has 2 aliphatic heterocycles. The van der Waals surface area contributed by atoms with E-state index in [1.165, 1.54) is 23.6 Å². The monoisotopic (exact) mass is 892 g/mol. The van der Waals surface area contributed by atoms with E-state index in [1.807, 2.05) is 35.2 Å². The summed E-state index contributed by atoms with van der Waals surface area (Å²) in [5.74, 6) is 0.965. The molecule has 0 saturated heterocycles. The van der Waals surface area contributed by atoms with Crippen molar-refractivity contribution in [2.24, 2.45) is 0 Å². The minimum absolute atomic E-state index is 0.0639. The highest BCUT2D eigenvalue weighted by atomic mass is 35.5. The molecule has 2 aliphatic carbocycles. The number of anilines is 4. The summed E-state index contributed by atoms with van der Waals surface area (Å²) in [6.45, 7) is 6.12. The SMILES string of the molecule is CC(=O)Cl.CC(=O)N1CCc2cc(Nc3ncc4cc(C#N)c(=O)n(C5CCCC5)c4n3)ccc2C1.N#Cc1cc2cnc(Nc3ccc4c(c3)CCNC4)nc2n(C2CCCC2)c1=O. The summed E-state index contributed by atoms with van der Waals surface area (Å²) in [4.78, 5) is 66.8. The lowest BCUT2D eigenvalue weighted by atomic mass is 9.99. The molecule has 2 fully saturated rings. The molecule has 4 aromatic heterocycles. The Morgan fingerprint density at radius 2 is 1.18 bits per heavy atom. The third-order valence-corrected chi connectivity index (χ3v) is 12.4. The van der Waals surface area contributed by atoms with E-state index in [2.05, 4.69) is 65.7 Å². The Kier molecular flexibility index (Phi) is 13.6. The van der Waals surface area contributed by atoms with Crippen LogP contribution in [-0.2, 0) is 35.5 Å². The molecule has 2 saturated carbocycles. The molecule has 6 heterocycles. The molecular weight excluding hydrogens is 844 g/mol. The van der Waals surface area contributed by atoms with Crippen molar-refractivity contribution >= 4 is 68.1 Å². The fourth-order valence-electron chi connectivity index (χ4n) is 9.24. The predicted octanol–water partition coefficient (Wildman–Crippen LogP) is 7.37. The second-order valence-corrected chi connectivity index (χ2v) is 17.3. The van der Waals surface area contributed by atoms with E-state index in [4.69, 9.17) is 0 Å². The Balaban J connectivity index is 0.000000165. The summed E-state index contributed by atoms with van der Waals surface area (Å²) in [5, 5.41) is 29.7. The van der Waals surface area contributed by atoms with Gasteiger partial charge in [-0.3, -0.25) is 28.3 Å². The van der Waals surface area contributed by atoms with Gasteiger partial charge in [0.2, 0.25) is 23.0 Å². The van der Waals surface area contributed by atoms with Crippen molar-refractivity contribution in [3.05, 3.63) is 115 Å². The molecule has 65 heavy (non-hydrogen) atoms. The van der Waals surface area contributed by atoms with Crippen LogP contribution in [0.2, 0.25) is 0 Å². The van der Waals surface area contributed by atoms with Gasteiger partial charge in [0.05, 0.1) is 0 Å². The summed E-state index contributed by atoms with van der Waals surface area (Å²) in [5.41, 5.74) is 7.71. The number of rotatable bonds is 6. The van der Waals surface area contributed by atoms with E-state index >= 15 is 0 Å². The number of halogens is 1. The fraction of sp³-hybridized carbons (Fsp3) is 0.375. The van der Waals surface area contributed by atoms with Gasteiger partial charge in [-0.25, -0.2) is 9.97 Å². The Morgan fingerprint density at radius 1 is 0.708 bits per heavy atom. The van der Waals surface area contributed by atoms with Crippen LogP contribution in [0, 0.1) is 22.7 Å². The predicted molar refractivity (Wildman–Crippen MR) is 248 cm³/mol. The van der Waals surface area contributed by atoms with Crippen LogP contribution in [0.3, 0.4) is 0 Å². The zero-order valence-corrected chi connectivity index (χ0v) is 37.1. The molecule has 6 aromatic rings. The van der Waals surface area contributed by atoms with Crippen LogP contribution in [0.25, 0.3) is 22.1 Å². The smallest absolute Gasteiger partial charge is 0.270 e. The molecule has 0 spiro atoms. The second-order valence-electron chi connectivity index (χ2n) is 16.8. The number of hydrogen-bond acceptors (Lipinski definition) is 13. The van der Waals surface area contributed by atoms with Crippen molar-refractivity contribution in [3.8, 4) is 12.1 Å². The topological polar surface area (TPSA) is 217 Å². The first-order valence-corrected chi connectivity index (χ1v) is 22.4. The number of amides is 1. The number of nitriles is 2. The number of fused-ring (bicyclic) bond motifs is 4. The molecule has 10 rings (SSSR count). The van der Waals surface area contributed by atoms with Gasteiger partial charge in [0, 0.05) is 80.1 Å². The van der Waals surface area contributed by atoms with Crippen molar-refractivity contribution in [2.45, 2.75) is 103 Å². The quantitative estimate of drug-likeness (QED) is 0.139. The summed E-state index contributed by atoms with van der Waals surface area (Å²) in [7, 11) is 0. The number of carbonyl (C=O) groups excluding carboxylic acids is 2. The molecule has 4 aliphatic rings. The number of hydrogen-bond donors (Lipinski definition) is 3. The number of pyridine rings is 2. The summed E-state index contributed by atoms with van der Waals surface area (Å²) in [6, 6.07) is 19.7. The highest BCUT2D eigenvalue weighted by Crippen LogP contribution is 2.33. The molecule has 0 radical (unpaired) electrons. The van der Waals surface area contributed by atoms with Gasteiger partial charge in [-0.05, 0) is 115 Å². The lowest BCUT2D eigenvalue weighted by molar-refractivity contribution is -0.129. The van der Waals surface area contributed by atoms with Crippen LogP contribution in [0.15, 0.2) is 70.5 Å². The molecule has 0 atom stereocenters. The maximum atomic E-state index is 12.9. The minimum atomic E-state index is -0.361. The molecule has 16 nitrogen and oxygen atoms in total. The fourth-order valence-corrected chi connectivity index (χ4v) is 9.24. The van der Waals surface area contributed by atoms with Gasteiger partial charge >= 0.3 is 0 Å². The standard InChI is InChI=1S/C24H24N6O2.C22H22N6O.C2H3ClO/c1-15(31)29-9-8-16-11-20(7-6-17(16)14-29)27-24-26-13-19-10-18(12-25)23(32)30(22(19)28-24)21-4-2-3-5-21;23-11-16-9-17-13-25-22(26-18-6-5-15-12-24-8-7-14(15)10-18)27-20(17)28(21(16)29)19-3-1-2-4-19;1-2(3)4/h6-7,10-11,13,21H,2-5,8-9,14H2,1H3,(H,26,27,28);5-6,9-10,13,19,24H,1-4,7-8,12H2,(H,25,26,27);1H3. The van der Waals surface area contributed by atoms with Crippen LogP contribution < -0.4 is 27.1 Å². The van der Waals surface area contributed by atoms with E-state index in [0.717, 1.165) is 99.6 Å². The van der Waals surface area contributed by atoms with Crippen molar-refractivity contribution in [1.29, 1.82) is 10.5 Å². The lowest BCUT2D eigenvalue weighted by Crippen LogP contribution is -2.34. The number of nitrogens with zero attached hydrogens (tertiary/aromatic N) is 9. The molecule has 17 heteroatoms. The van der Waals surface area contributed by atoms with E-state index in [-0.39, 0.29) is 45.5 Å². The van der Waals surface area contributed by atoms with Crippen molar-refractivity contribution in [3.63, 3.8) is 0 Å². The summed E-state index contributed by atoms with van der Waals surface area (Å²) in [6.07, 6.45) is 13.2. The number of carbonyl (C=O) groups is 2. The normalized spacial score (nSPS) is 15.7. The van der Waals surface area contributed by atoms with Crippen molar-refractivity contribution in [2.75, 3.05) is 23.7 Å². The summed E-state index contributed by atoms with van der Waals surface area (Å²) >= 11 is 4.64. The first-order valence-electron chi connectivity index (χ1n) is 22.0. The van der Waals surface area contributed by atoms with Crippen LogP contribution in [-0.4, -0.2) is 58.2 Å². The van der Waals surface area contributed by atoms with Gasteiger partial charge in [-0.15, -0.1) is 0 Å². The van der Waals surface area contributed by atoms with E-state index < -0.39 is 0 Å². The van der Waals surface area contributed by atoms with E-state index in [1.54, 1.807) is 40.6 Å². The lowest BCUT2D eigenvalue weighted by Gasteiger charge is -2.28. The Hall–Kier alpha value is -7.01. The van der Waals surface area contributed by atoms with Crippen LogP contribution in [0.1, 0.15) is 111 Å². The van der Waals surface area contributed by atoms with Crippen LogP contribution in [0.4, 0.5) is 23.3 Å². The maximum absolute atomic E-state index is 12.9.